The number of rotatable bonds is 5. The predicted octanol–water partition coefficient (Wildman–Crippen LogP) is 2.33. The molecule has 0 radical (unpaired) electrons. The Kier molecular flexibility index (Phi) is 6.49. The maximum absolute atomic E-state index is 12.8. The summed E-state index contributed by atoms with van der Waals surface area (Å²) in [6.45, 7) is 0.202. The largest absolute Gasteiger partial charge is 0.396 e. The maximum Gasteiger partial charge on any atom is 0.248 e. The number of aliphatic hydroxyl groups is 1. The van der Waals surface area contributed by atoms with Gasteiger partial charge in [-0.25, -0.2) is 4.39 Å². The molecule has 2 amide bonds. The first-order valence-corrected chi connectivity index (χ1v) is 8.12. The summed E-state index contributed by atoms with van der Waals surface area (Å²) >= 11 is 0. The highest BCUT2D eigenvalue weighted by Gasteiger charge is 2.25. The van der Waals surface area contributed by atoms with E-state index in [1.165, 1.54) is 36.4 Å². The molecule has 2 N–H and O–H groups in total. The zero-order valence-electron chi connectivity index (χ0n) is 13.7. The average Bonchev–Trinajstić information content (AvgIpc) is 2.61. The highest BCUT2D eigenvalue weighted by molar-refractivity contribution is 6.03. The summed E-state index contributed by atoms with van der Waals surface area (Å²) in [5, 5.41) is 11.7. The number of hydrogen-bond acceptors (Lipinski definition) is 3. The number of nitrogens with one attached hydrogen (secondary N) is 1. The van der Waals surface area contributed by atoms with Gasteiger partial charge >= 0.3 is 0 Å². The molecule has 1 fully saturated rings. The first-order valence-electron chi connectivity index (χ1n) is 8.12. The highest BCUT2D eigenvalue weighted by atomic mass is 19.1. The van der Waals surface area contributed by atoms with E-state index >= 15 is 0 Å². The molecular formula is C18H23FN2O3. The Balaban J connectivity index is 1.83. The van der Waals surface area contributed by atoms with Crippen LogP contribution >= 0.6 is 0 Å². The van der Waals surface area contributed by atoms with Crippen LogP contribution in [0.15, 0.2) is 36.4 Å². The summed E-state index contributed by atoms with van der Waals surface area (Å²) in [6.07, 6.45) is 5.98. The number of amides is 2. The molecule has 1 aliphatic rings. The molecule has 5 nitrogen and oxygen atoms in total. The lowest BCUT2D eigenvalue weighted by Gasteiger charge is -2.33. The average molecular weight is 334 g/mol. The SMILES string of the molecule is CN(C(=O)/C=C/C(=O)Nc1ccc(F)cc1)C1CCC(CO)CC1. The Labute approximate surface area is 141 Å². The second kappa shape index (κ2) is 8.59. The molecule has 0 bridgehead atoms. The summed E-state index contributed by atoms with van der Waals surface area (Å²) in [6, 6.07) is 5.55. The van der Waals surface area contributed by atoms with Gasteiger partial charge in [0.25, 0.3) is 0 Å². The van der Waals surface area contributed by atoms with E-state index < -0.39 is 5.91 Å². The first-order chi connectivity index (χ1) is 11.5. The summed E-state index contributed by atoms with van der Waals surface area (Å²) in [4.78, 5) is 25.6. The number of likely N-dealkylation sites (N-methyl/N-ethyl adjacent to an activating group) is 1. The minimum absolute atomic E-state index is 0.144. The predicted molar refractivity (Wildman–Crippen MR) is 89.8 cm³/mol. The van der Waals surface area contributed by atoms with Crippen LogP contribution in [-0.4, -0.2) is 41.5 Å². The van der Waals surface area contributed by atoms with Gasteiger partial charge in [-0.05, 0) is 55.9 Å². The molecule has 0 spiro atoms. The second-order valence-corrected chi connectivity index (χ2v) is 6.14. The third kappa shape index (κ3) is 5.16. The molecule has 24 heavy (non-hydrogen) atoms. The zero-order chi connectivity index (χ0) is 17.5. The Hall–Kier alpha value is -2.21. The van der Waals surface area contributed by atoms with Crippen molar-refractivity contribution in [1.29, 1.82) is 0 Å². The minimum atomic E-state index is -0.438. The van der Waals surface area contributed by atoms with Crippen LogP contribution in [-0.2, 0) is 9.59 Å². The van der Waals surface area contributed by atoms with Crippen molar-refractivity contribution in [2.24, 2.45) is 5.92 Å². The van der Waals surface area contributed by atoms with E-state index in [1.54, 1.807) is 11.9 Å². The molecule has 1 saturated carbocycles. The molecule has 6 heteroatoms. The van der Waals surface area contributed by atoms with Gasteiger partial charge in [0.15, 0.2) is 0 Å². The fourth-order valence-electron chi connectivity index (χ4n) is 2.88. The van der Waals surface area contributed by atoms with Gasteiger partial charge in [-0.15, -0.1) is 0 Å². The van der Waals surface area contributed by atoms with E-state index in [0.717, 1.165) is 25.7 Å². The quantitative estimate of drug-likeness (QED) is 0.812. The molecule has 130 valence electrons. The van der Waals surface area contributed by atoms with Crippen molar-refractivity contribution in [3.8, 4) is 0 Å². The van der Waals surface area contributed by atoms with E-state index in [0.29, 0.717) is 11.6 Å². The van der Waals surface area contributed by atoms with Crippen LogP contribution in [0, 0.1) is 11.7 Å². The van der Waals surface area contributed by atoms with Gasteiger partial charge in [0.1, 0.15) is 5.82 Å². The maximum atomic E-state index is 12.8. The van der Waals surface area contributed by atoms with Crippen LogP contribution in [0.1, 0.15) is 25.7 Å². The van der Waals surface area contributed by atoms with Crippen molar-refractivity contribution in [3.05, 3.63) is 42.2 Å². The zero-order valence-corrected chi connectivity index (χ0v) is 13.7. The third-order valence-electron chi connectivity index (χ3n) is 4.46. The molecule has 0 aromatic heterocycles. The van der Waals surface area contributed by atoms with Gasteiger partial charge in [0, 0.05) is 37.5 Å². The van der Waals surface area contributed by atoms with Crippen molar-refractivity contribution >= 4 is 17.5 Å². The third-order valence-corrected chi connectivity index (χ3v) is 4.46. The van der Waals surface area contributed by atoms with Crippen LogP contribution in [0.3, 0.4) is 0 Å². The van der Waals surface area contributed by atoms with Gasteiger partial charge in [0.05, 0.1) is 0 Å². The lowest BCUT2D eigenvalue weighted by atomic mass is 9.86. The van der Waals surface area contributed by atoms with Crippen LogP contribution in [0.5, 0.6) is 0 Å². The van der Waals surface area contributed by atoms with Gasteiger partial charge in [0.2, 0.25) is 11.8 Å². The number of hydrogen-bond donors (Lipinski definition) is 2. The number of benzene rings is 1. The number of nitrogens with zero attached hydrogens (tertiary/aromatic N) is 1. The van der Waals surface area contributed by atoms with E-state index in [-0.39, 0.29) is 24.4 Å². The monoisotopic (exact) mass is 334 g/mol. The van der Waals surface area contributed by atoms with Crippen LogP contribution in [0.4, 0.5) is 10.1 Å². The van der Waals surface area contributed by atoms with Gasteiger partial charge < -0.3 is 15.3 Å². The van der Waals surface area contributed by atoms with E-state index in [1.807, 2.05) is 0 Å². The minimum Gasteiger partial charge on any atom is -0.396 e. The summed E-state index contributed by atoms with van der Waals surface area (Å²) in [5.74, 6) is -0.706. The van der Waals surface area contributed by atoms with Crippen molar-refractivity contribution in [2.75, 3.05) is 19.0 Å². The topological polar surface area (TPSA) is 69.6 Å². The number of anilines is 1. The number of aliphatic hydroxyl groups excluding tert-OH is 1. The molecule has 0 atom stereocenters. The van der Waals surface area contributed by atoms with E-state index in [4.69, 9.17) is 5.11 Å². The highest BCUT2D eigenvalue weighted by Crippen LogP contribution is 2.26. The molecule has 0 saturated heterocycles. The lowest BCUT2D eigenvalue weighted by Crippen LogP contribution is -2.39. The van der Waals surface area contributed by atoms with Crippen LogP contribution < -0.4 is 5.32 Å². The molecule has 1 aromatic carbocycles. The molecule has 0 unspecified atom stereocenters. The van der Waals surface area contributed by atoms with Crippen LogP contribution in [0.25, 0.3) is 0 Å². The van der Waals surface area contributed by atoms with Crippen molar-refractivity contribution in [2.45, 2.75) is 31.7 Å². The first kappa shape index (κ1) is 18.1. The Morgan fingerprint density at radius 2 is 1.83 bits per heavy atom. The smallest absolute Gasteiger partial charge is 0.248 e. The standard InChI is InChI=1S/C18H23FN2O3/c1-21(16-8-2-13(12-22)3-9-16)18(24)11-10-17(23)20-15-6-4-14(19)5-7-15/h4-7,10-11,13,16,22H,2-3,8-9,12H2,1H3,(H,20,23)/b11-10+. The fraction of sp³-hybridized carbons (Fsp3) is 0.444. The summed E-state index contributed by atoms with van der Waals surface area (Å²) in [7, 11) is 1.73. The molecule has 1 aromatic rings. The number of carbonyl (C=O) groups is 2. The molecule has 0 heterocycles. The molecular weight excluding hydrogens is 311 g/mol. The Morgan fingerprint density at radius 3 is 2.42 bits per heavy atom. The molecule has 2 rings (SSSR count). The summed E-state index contributed by atoms with van der Waals surface area (Å²) < 4.78 is 12.8. The number of halogens is 1. The second-order valence-electron chi connectivity index (χ2n) is 6.14. The van der Waals surface area contributed by atoms with Gasteiger partial charge in [-0.3, -0.25) is 9.59 Å². The normalized spacial score (nSPS) is 20.8. The molecule has 0 aliphatic heterocycles. The van der Waals surface area contributed by atoms with Crippen LogP contribution in [0.2, 0.25) is 0 Å². The van der Waals surface area contributed by atoms with E-state index in [2.05, 4.69) is 5.32 Å². The summed E-state index contributed by atoms with van der Waals surface area (Å²) in [5.41, 5.74) is 0.467. The molecule has 1 aliphatic carbocycles. The lowest BCUT2D eigenvalue weighted by molar-refractivity contribution is -0.127. The Morgan fingerprint density at radius 1 is 1.21 bits per heavy atom. The van der Waals surface area contributed by atoms with Gasteiger partial charge in [-0.2, -0.15) is 0 Å². The Bertz CT molecular complexity index is 593. The van der Waals surface area contributed by atoms with Crippen molar-refractivity contribution in [1.82, 2.24) is 4.90 Å². The van der Waals surface area contributed by atoms with Gasteiger partial charge in [-0.1, -0.05) is 0 Å². The van der Waals surface area contributed by atoms with E-state index in [9.17, 15) is 14.0 Å². The number of carbonyl (C=O) groups excluding carboxylic acids is 2. The van der Waals surface area contributed by atoms with Crippen molar-refractivity contribution in [3.63, 3.8) is 0 Å². The fourth-order valence-corrected chi connectivity index (χ4v) is 2.88. The van der Waals surface area contributed by atoms with Crippen molar-refractivity contribution < 1.29 is 19.1 Å².